The Bertz CT molecular complexity index is 289. The van der Waals surface area contributed by atoms with Crippen molar-refractivity contribution < 1.29 is 49.5 Å². The number of rotatable bonds is 4. The molecule has 0 spiro atoms. The Labute approximate surface area is 175 Å². The molecule has 10 N–H and O–H groups in total. The number of aliphatic carboxylic acids is 5. The van der Waals surface area contributed by atoms with Crippen LogP contribution in [0.3, 0.4) is 0 Å². The third-order valence-corrected chi connectivity index (χ3v) is 0.642. The zero-order valence-corrected chi connectivity index (χ0v) is 16.3. The normalized spacial score (nSPS) is 6.82. The number of hydrogen-bond acceptors (Lipinski definition) is 8. The van der Waals surface area contributed by atoms with E-state index in [1.54, 1.807) is 0 Å². The van der Waals surface area contributed by atoms with Crippen LogP contribution in [0.15, 0.2) is 0 Å². The van der Waals surface area contributed by atoms with Gasteiger partial charge in [0.25, 0.3) is 29.8 Å². The molecule has 0 atom stereocenters. The number of carboxylic acids is 5. The summed E-state index contributed by atoms with van der Waals surface area (Å²) in [5.41, 5.74) is 10.3. The predicted molar refractivity (Wildman–Crippen MR) is 109 cm³/mol. The van der Waals surface area contributed by atoms with Gasteiger partial charge in [-0.1, -0.05) is 0 Å². The average molecular weight is 480 g/mol. The van der Waals surface area contributed by atoms with Crippen molar-refractivity contribution >= 4 is 47.4 Å². The molecule has 0 amide bonds. The quantitative estimate of drug-likeness (QED) is 0.153. The van der Waals surface area contributed by atoms with Crippen LogP contribution in [-0.4, -0.2) is 99.2 Å². The van der Waals surface area contributed by atoms with Crippen molar-refractivity contribution in [1.82, 2.24) is 5.32 Å². The first kappa shape index (κ1) is 44.9. The van der Waals surface area contributed by atoms with E-state index in [-0.39, 0.29) is 17.6 Å². The third-order valence-electron chi connectivity index (χ3n) is 0.642. The summed E-state index contributed by atoms with van der Waals surface area (Å²) in [6.07, 6.45) is 0. The molecule has 0 aliphatic carbocycles. The molecule has 14 heteroatoms. The van der Waals surface area contributed by atoms with Crippen LogP contribution < -0.4 is 16.8 Å². The van der Waals surface area contributed by atoms with E-state index in [2.05, 4.69) is 5.32 Å². The monoisotopic (exact) mass is 481 g/mol. The average Bonchev–Trinajstić information content (AvgIpc) is 2.35. The Balaban J connectivity index is -0.0000000382. The molecule has 0 aliphatic heterocycles. The van der Waals surface area contributed by atoms with Gasteiger partial charge in [-0.3, -0.25) is 24.0 Å². The minimum absolute atomic E-state index is 0. The molecule has 0 bridgehead atoms. The number of carbonyl (C=O) groups is 5. The summed E-state index contributed by atoms with van der Waals surface area (Å²) in [4.78, 5) is 45.0. The number of nitrogens with one attached hydrogen (secondary N) is 1. The van der Waals surface area contributed by atoms with Gasteiger partial charge in [0.15, 0.2) is 0 Å². The SMILES string of the molecule is CC(=O)O.CC(=O)O.CC(=O)O.CC(=O)O.CC(=O)O.NCCNCCN.[GeH4]. The van der Waals surface area contributed by atoms with Crippen molar-refractivity contribution in [2.24, 2.45) is 11.5 Å². The molecule has 0 aromatic heterocycles. The van der Waals surface area contributed by atoms with E-state index in [4.69, 9.17) is 61.0 Å². The van der Waals surface area contributed by atoms with Gasteiger partial charge in [-0.2, -0.15) is 0 Å². The molecule has 13 nitrogen and oxygen atoms in total. The molecule has 0 unspecified atom stereocenters. The van der Waals surface area contributed by atoms with Crippen molar-refractivity contribution in [3.63, 3.8) is 0 Å². The Morgan fingerprint density at radius 2 is 0.679 bits per heavy atom. The molecule has 0 aromatic rings. The van der Waals surface area contributed by atoms with E-state index in [1.165, 1.54) is 0 Å². The Hall–Kier alpha value is -2.23. The van der Waals surface area contributed by atoms with Crippen LogP contribution in [0.5, 0.6) is 0 Å². The van der Waals surface area contributed by atoms with Crippen LogP contribution >= 0.6 is 0 Å². The van der Waals surface area contributed by atoms with Crippen LogP contribution in [0.25, 0.3) is 0 Å². The van der Waals surface area contributed by atoms with E-state index >= 15 is 0 Å². The maximum atomic E-state index is 9.00. The Kier molecular flexibility index (Phi) is 71.0. The van der Waals surface area contributed by atoms with Crippen LogP contribution in [0.1, 0.15) is 34.6 Å². The molecule has 0 rings (SSSR count). The number of carboxylic acid groups (broad SMARTS) is 5. The number of hydrogen-bond donors (Lipinski definition) is 8. The molecule has 172 valence electrons. The van der Waals surface area contributed by atoms with Gasteiger partial charge in [0, 0.05) is 60.8 Å². The van der Waals surface area contributed by atoms with Crippen molar-refractivity contribution in [2.45, 2.75) is 34.6 Å². The van der Waals surface area contributed by atoms with Gasteiger partial charge < -0.3 is 42.3 Å². The topological polar surface area (TPSA) is 251 Å². The second-order valence-corrected chi connectivity index (χ2v) is 3.92. The van der Waals surface area contributed by atoms with Crippen molar-refractivity contribution in [3.05, 3.63) is 0 Å². The Morgan fingerprint density at radius 1 is 0.571 bits per heavy atom. The predicted octanol–water partition coefficient (Wildman–Crippen LogP) is -2.50. The molecular weight excluding hydrogens is 443 g/mol. The van der Waals surface area contributed by atoms with Gasteiger partial charge in [0.1, 0.15) is 0 Å². The van der Waals surface area contributed by atoms with Gasteiger partial charge in [0.2, 0.25) is 0 Å². The second-order valence-electron chi connectivity index (χ2n) is 3.92. The first-order valence-electron chi connectivity index (χ1n) is 7.16. The molecule has 0 aromatic carbocycles. The van der Waals surface area contributed by atoms with Crippen LogP contribution in [-0.2, 0) is 24.0 Å². The molecule has 0 saturated heterocycles. The van der Waals surface area contributed by atoms with Crippen LogP contribution in [0.2, 0.25) is 0 Å². The number of nitrogens with two attached hydrogens (primary N) is 2. The van der Waals surface area contributed by atoms with E-state index in [0.29, 0.717) is 13.1 Å². The summed E-state index contributed by atoms with van der Waals surface area (Å²) in [5, 5.41) is 40.1. The maximum absolute atomic E-state index is 9.00. The summed E-state index contributed by atoms with van der Waals surface area (Å²) in [6.45, 7) is 8.55. The van der Waals surface area contributed by atoms with E-state index in [0.717, 1.165) is 47.7 Å². The summed E-state index contributed by atoms with van der Waals surface area (Å²) in [5.74, 6) is -4.17. The molecule has 0 heterocycles. The van der Waals surface area contributed by atoms with Crippen molar-refractivity contribution in [1.29, 1.82) is 0 Å². The third kappa shape index (κ3) is 3920. The molecule has 0 aliphatic rings. The van der Waals surface area contributed by atoms with E-state index < -0.39 is 29.8 Å². The standard InChI is InChI=1S/C4H13N3.5C2H4O2.GeH4/c5-1-3-7-4-2-6;5*1-2(3)4;/h7H,1-6H2;5*1H3,(H,3,4);1H4. The van der Waals surface area contributed by atoms with Crippen molar-refractivity contribution in [3.8, 4) is 0 Å². The van der Waals surface area contributed by atoms with Crippen molar-refractivity contribution in [2.75, 3.05) is 26.2 Å². The van der Waals surface area contributed by atoms with Gasteiger partial charge >= 0.3 is 17.6 Å². The van der Waals surface area contributed by atoms with Gasteiger partial charge in [-0.15, -0.1) is 0 Å². The molecule has 0 fully saturated rings. The first-order chi connectivity index (χ1) is 12.1. The van der Waals surface area contributed by atoms with Crippen LogP contribution in [0, 0.1) is 0 Å². The fourth-order valence-electron chi connectivity index (χ4n) is 0.329. The van der Waals surface area contributed by atoms with Gasteiger partial charge in [-0.05, 0) is 0 Å². The summed E-state index contributed by atoms with van der Waals surface area (Å²) in [6, 6.07) is 0. The molecule has 28 heavy (non-hydrogen) atoms. The van der Waals surface area contributed by atoms with E-state index in [9.17, 15) is 0 Å². The Morgan fingerprint density at radius 3 is 0.750 bits per heavy atom. The molecule has 0 radical (unpaired) electrons. The first-order valence-corrected chi connectivity index (χ1v) is 7.16. The second kappa shape index (κ2) is 44.3. The fourth-order valence-corrected chi connectivity index (χ4v) is 0.329. The van der Waals surface area contributed by atoms with Gasteiger partial charge in [0.05, 0.1) is 0 Å². The van der Waals surface area contributed by atoms with Crippen LogP contribution in [0.4, 0.5) is 0 Å². The molecule has 0 saturated carbocycles. The zero-order valence-electron chi connectivity index (χ0n) is 16.3. The zero-order chi connectivity index (χ0) is 23.4. The fraction of sp³-hybridized carbons (Fsp3) is 0.643. The van der Waals surface area contributed by atoms with E-state index in [1.807, 2.05) is 0 Å². The molecular formula is C14H37GeN3O10. The summed E-state index contributed by atoms with van der Waals surface area (Å²) in [7, 11) is 0. The summed E-state index contributed by atoms with van der Waals surface area (Å²) >= 11 is 0. The summed E-state index contributed by atoms with van der Waals surface area (Å²) < 4.78 is 0. The minimum atomic E-state index is -0.833. The van der Waals surface area contributed by atoms with Gasteiger partial charge in [-0.25, -0.2) is 0 Å².